The van der Waals surface area contributed by atoms with E-state index >= 15 is 8.78 Å². The molecular weight excluding hydrogens is 550 g/mol. The SMILES string of the molecule is CCCCN1C(=O)C2(CC3(C(=O)N(CCCC)c4ccc(F)cc43)C(O)(c3ccc(C)cc3)C2OC)c2cc(F)ccc21. The number of nitrogens with zero attached hydrogens (tertiary/aromatic N) is 2. The van der Waals surface area contributed by atoms with Gasteiger partial charge in [-0.15, -0.1) is 0 Å². The molecule has 0 bridgehead atoms. The lowest BCUT2D eigenvalue weighted by Crippen LogP contribution is -2.58. The van der Waals surface area contributed by atoms with E-state index < -0.39 is 40.1 Å². The van der Waals surface area contributed by atoms with Crippen LogP contribution in [-0.2, 0) is 30.8 Å². The predicted molar refractivity (Wildman–Crippen MR) is 161 cm³/mol. The van der Waals surface area contributed by atoms with Crippen LogP contribution < -0.4 is 9.80 Å². The lowest BCUT2D eigenvalue weighted by Gasteiger charge is -2.42. The van der Waals surface area contributed by atoms with E-state index in [4.69, 9.17) is 4.74 Å². The zero-order chi connectivity index (χ0) is 30.7. The molecule has 1 N–H and O–H groups in total. The highest BCUT2D eigenvalue weighted by molar-refractivity contribution is 6.14. The van der Waals surface area contributed by atoms with Crippen LogP contribution in [0.1, 0.15) is 68.2 Å². The fourth-order valence-electron chi connectivity index (χ4n) is 7.95. The molecule has 2 aliphatic heterocycles. The average Bonchev–Trinajstić information content (AvgIpc) is 3.48. The summed E-state index contributed by atoms with van der Waals surface area (Å²) in [5.41, 5.74) is -2.49. The van der Waals surface area contributed by atoms with Crippen molar-refractivity contribution in [3.8, 4) is 0 Å². The molecule has 4 unspecified atom stereocenters. The van der Waals surface area contributed by atoms with E-state index in [-0.39, 0.29) is 12.3 Å². The van der Waals surface area contributed by atoms with E-state index in [1.54, 1.807) is 34.1 Å². The molecule has 6 nitrogen and oxygen atoms in total. The molecule has 2 spiro atoms. The molecule has 3 aromatic carbocycles. The molecule has 43 heavy (non-hydrogen) atoms. The molecule has 0 aromatic heterocycles. The van der Waals surface area contributed by atoms with Crippen LogP contribution in [0.4, 0.5) is 20.2 Å². The minimum absolute atomic E-state index is 0.210. The Morgan fingerprint density at radius 2 is 1.37 bits per heavy atom. The number of carbonyl (C=O) groups is 2. The number of carbonyl (C=O) groups excluding carboxylic acids is 2. The first-order valence-electron chi connectivity index (χ1n) is 15.2. The van der Waals surface area contributed by atoms with Crippen molar-refractivity contribution in [3.63, 3.8) is 0 Å². The molecule has 0 saturated heterocycles. The number of ether oxygens (including phenoxy) is 1. The van der Waals surface area contributed by atoms with Gasteiger partial charge in [-0.05, 0) is 79.3 Å². The maximum Gasteiger partial charge on any atom is 0.241 e. The lowest BCUT2D eigenvalue weighted by molar-refractivity contribution is -0.153. The monoisotopic (exact) mass is 588 g/mol. The largest absolute Gasteiger partial charge is 0.381 e. The summed E-state index contributed by atoms with van der Waals surface area (Å²) in [6.45, 7) is 6.71. The van der Waals surface area contributed by atoms with Crippen molar-refractivity contribution in [1.29, 1.82) is 0 Å². The fraction of sp³-hybridized carbons (Fsp3) is 0.429. The third kappa shape index (κ3) is 3.82. The molecule has 1 saturated carbocycles. The second kappa shape index (κ2) is 10.5. The highest BCUT2D eigenvalue weighted by Gasteiger charge is 2.80. The molecule has 3 aliphatic rings. The van der Waals surface area contributed by atoms with Crippen LogP contribution >= 0.6 is 0 Å². The Kier molecular flexibility index (Phi) is 7.21. The Balaban J connectivity index is 1.70. The van der Waals surface area contributed by atoms with Crippen molar-refractivity contribution in [2.75, 3.05) is 30.0 Å². The number of hydrogen-bond acceptors (Lipinski definition) is 4. The Labute approximate surface area is 251 Å². The fourth-order valence-corrected chi connectivity index (χ4v) is 7.95. The summed E-state index contributed by atoms with van der Waals surface area (Å²) in [6, 6.07) is 15.6. The van der Waals surface area contributed by atoms with Crippen molar-refractivity contribution in [3.05, 3.63) is 94.6 Å². The van der Waals surface area contributed by atoms with E-state index in [9.17, 15) is 14.7 Å². The Morgan fingerprint density at radius 3 is 1.93 bits per heavy atom. The third-order valence-electron chi connectivity index (χ3n) is 9.90. The molecule has 1 aliphatic carbocycles. The van der Waals surface area contributed by atoms with Gasteiger partial charge in [-0.3, -0.25) is 9.59 Å². The van der Waals surface area contributed by atoms with Crippen LogP contribution in [0, 0.1) is 18.6 Å². The van der Waals surface area contributed by atoms with Crippen molar-refractivity contribution in [2.24, 2.45) is 0 Å². The maximum atomic E-state index is 15.2. The van der Waals surface area contributed by atoms with E-state index in [1.165, 1.54) is 31.4 Å². The van der Waals surface area contributed by atoms with Crippen molar-refractivity contribution >= 4 is 23.2 Å². The van der Waals surface area contributed by atoms with Crippen LogP contribution in [0.2, 0.25) is 0 Å². The number of hydrogen-bond donors (Lipinski definition) is 1. The summed E-state index contributed by atoms with van der Waals surface area (Å²) in [4.78, 5) is 33.1. The van der Waals surface area contributed by atoms with Gasteiger partial charge in [-0.25, -0.2) is 8.78 Å². The first-order valence-corrected chi connectivity index (χ1v) is 15.2. The highest BCUT2D eigenvalue weighted by Crippen LogP contribution is 2.69. The van der Waals surface area contributed by atoms with Gasteiger partial charge in [0.15, 0.2) is 0 Å². The summed E-state index contributed by atoms with van der Waals surface area (Å²) in [5.74, 6) is -1.86. The number of halogens is 2. The number of aryl methyl sites for hydroxylation is 1. The van der Waals surface area contributed by atoms with Crippen molar-refractivity contribution in [2.45, 2.75) is 75.4 Å². The zero-order valence-corrected chi connectivity index (χ0v) is 25.1. The number of fused-ring (bicyclic) bond motifs is 4. The smallest absolute Gasteiger partial charge is 0.241 e. The molecule has 1 fully saturated rings. The van der Waals surface area contributed by atoms with Gasteiger partial charge in [0.2, 0.25) is 11.8 Å². The Morgan fingerprint density at radius 1 is 0.837 bits per heavy atom. The molecule has 2 amide bonds. The third-order valence-corrected chi connectivity index (χ3v) is 9.90. The summed E-state index contributed by atoms with van der Waals surface area (Å²) in [6.07, 6.45) is 1.54. The normalized spacial score (nSPS) is 27.6. The number of anilines is 2. The van der Waals surface area contributed by atoms with Gasteiger partial charge in [0.25, 0.3) is 0 Å². The van der Waals surface area contributed by atoms with Gasteiger partial charge in [0.1, 0.15) is 34.2 Å². The topological polar surface area (TPSA) is 70.1 Å². The molecular formula is C35H38F2N2O4. The van der Waals surface area contributed by atoms with Gasteiger partial charge in [-0.1, -0.05) is 56.5 Å². The molecule has 6 rings (SSSR count). The first kappa shape index (κ1) is 29.5. The number of benzene rings is 3. The second-order valence-electron chi connectivity index (χ2n) is 12.2. The van der Waals surface area contributed by atoms with Crippen LogP contribution in [0.3, 0.4) is 0 Å². The molecule has 0 radical (unpaired) electrons. The van der Waals surface area contributed by atoms with E-state index in [0.29, 0.717) is 54.0 Å². The standard InChI is InChI=1S/C35H38F2N2O4/c1-5-7-17-38-28-15-13-24(36)19-26(28)33(31(38)40)21-34(35(42,30(33)43-4)23-11-9-22(3)10-12-23)27-20-25(37)14-16-29(27)39(32(34)41)18-8-6-2/h9-16,19-20,30,42H,5-8,17-18,21H2,1-4H3. The number of amides is 2. The van der Waals surface area contributed by atoms with Crippen LogP contribution in [0.5, 0.6) is 0 Å². The van der Waals surface area contributed by atoms with Gasteiger partial charge < -0.3 is 19.6 Å². The lowest BCUT2D eigenvalue weighted by atomic mass is 9.66. The van der Waals surface area contributed by atoms with Crippen LogP contribution in [0.25, 0.3) is 0 Å². The average molecular weight is 589 g/mol. The highest BCUT2D eigenvalue weighted by atomic mass is 19.1. The van der Waals surface area contributed by atoms with Gasteiger partial charge >= 0.3 is 0 Å². The quantitative estimate of drug-likeness (QED) is 0.348. The maximum absolute atomic E-state index is 15.2. The van der Waals surface area contributed by atoms with E-state index in [2.05, 4.69) is 0 Å². The summed E-state index contributed by atoms with van der Waals surface area (Å²) < 4.78 is 36.4. The minimum atomic E-state index is -2.12. The summed E-state index contributed by atoms with van der Waals surface area (Å²) in [7, 11) is 1.41. The van der Waals surface area contributed by atoms with E-state index in [1.807, 2.05) is 32.9 Å². The second-order valence-corrected chi connectivity index (χ2v) is 12.2. The predicted octanol–water partition coefficient (Wildman–Crippen LogP) is 6.05. The van der Waals surface area contributed by atoms with Crippen molar-refractivity contribution < 1.29 is 28.2 Å². The number of unbranched alkanes of at least 4 members (excludes halogenated alkanes) is 2. The molecule has 2 heterocycles. The molecule has 8 heteroatoms. The van der Waals surface area contributed by atoms with E-state index in [0.717, 1.165) is 18.4 Å². The van der Waals surface area contributed by atoms with Crippen LogP contribution in [-0.4, -0.2) is 43.2 Å². The molecule has 3 aromatic rings. The molecule has 226 valence electrons. The Bertz CT molecular complexity index is 1590. The number of aliphatic hydroxyl groups is 1. The first-order chi connectivity index (χ1) is 20.6. The number of methoxy groups -OCH3 is 1. The summed E-state index contributed by atoms with van der Waals surface area (Å²) >= 11 is 0. The van der Waals surface area contributed by atoms with Gasteiger partial charge in [-0.2, -0.15) is 0 Å². The minimum Gasteiger partial charge on any atom is -0.381 e. The van der Waals surface area contributed by atoms with Gasteiger partial charge in [0.05, 0.1) is 0 Å². The number of rotatable bonds is 8. The van der Waals surface area contributed by atoms with Gasteiger partial charge in [0, 0.05) is 31.6 Å². The van der Waals surface area contributed by atoms with Crippen LogP contribution in [0.15, 0.2) is 60.7 Å². The Hall–Kier alpha value is -3.62. The van der Waals surface area contributed by atoms with Crippen molar-refractivity contribution in [1.82, 2.24) is 0 Å². The summed E-state index contributed by atoms with van der Waals surface area (Å²) in [5, 5.41) is 13.4. The zero-order valence-electron chi connectivity index (χ0n) is 25.1. The molecule has 4 atom stereocenters.